The zero-order valence-electron chi connectivity index (χ0n) is 14.2. The van der Waals surface area contributed by atoms with E-state index in [4.69, 9.17) is 4.74 Å². The lowest BCUT2D eigenvalue weighted by Crippen LogP contribution is -2.40. The van der Waals surface area contributed by atoms with Gasteiger partial charge in [0.25, 0.3) is 0 Å². The number of thioether (sulfide) groups is 1. The van der Waals surface area contributed by atoms with Crippen LogP contribution in [0.15, 0.2) is 52.4 Å². The summed E-state index contributed by atoms with van der Waals surface area (Å²) in [6, 6.07) is 11.2. The molecular formula is C17H22N2O3S2. The molecule has 0 fully saturated rings. The first-order valence-electron chi connectivity index (χ1n) is 7.46. The molecule has 1 heterocycles. The second kappa shape index (κ2) is 7.55. The average molecular weight is 367 g/mol. The fraction of sp³-hybridized carbons (Fsp3) is 0.353. The topological polar surface area (TPSA) is 68.3 Å². The lowest BCUT2D eigenvalue weighted by molar-refractivity contribution is 0.283. The number of hydrogen-bond acceptors (Lipinski definition) is 5. The molecule has 2 aromatic rings. The summed E-state index contributed by atoms with van der Waals surface area (Å²) < 4.78 is 34.0. The molecule has 130 valence electrons. The average Bonchev–Trinajstić information content (AvgIpc) is 2.51. The number of ether oxygens (including phenoxy) is 1. The number of hydrogen-bond donors (Lipinski definition) is 1. The van der Waals surface area contributed by atoms with Gasteiger partial charge in [0.2, 0.25) is 15.9 Å². The second-order valence-corrected chi connectivity index (χ2v) is 8.74. The molecule has 0 unspecified atom stereocenters. The van der Waals surface area contributed by atoms with Gasteiger partial charge in [0.1, 0.15) is 6.61 Å². The Morgan fingerprint density at radius 1 is 1.17 bits per heavy atom. The molecule has 0 aliphatic rings. The van der Waals surface area contributed by atoms with Gasteiger partial charge in [-0.3, -0.25) is 0 Å². The summed E-state index contributed by atoms with van der Waals surface area (Å²) in [5, 5.41) is 0. The maximum atomic E-state index is 12.8. The molecule has 24 heavy (non-hydrogen) atoms. The van der Waals surface area contributed by atoms with Crippen molar-refractivity contribution in [2.24, 2.45) is 0 Å². The fourth-order valence-electron chi connectivity index (χ4n) is 2.10. The van der Waals surface area contributed by atoms with Crippen molar-refractivity contribution in [2.45, 2.75) is 42.7 Å². The van der Waals surface area contributed by atoms with Crippen molar-refractivity contribution in [1.29, 1.82) is 0 Å². The molecule has 0 radical (unpaired) electrons. The van der Waals surface area contributed by atoms with Gasteiger partial charge in [-0.2, -0.15) is 0 Å². The molecule has 1 N–H and O–H groups in total. The highest BCUT2D eigenvalue weighted by molar-refractivity contribution is 7.99. The van der Waals surface area contributed by atoms with Crippen LogP contribution in [0.2, 0.25) is 0 Å². The Balaban J connectivity index is 2.38. The number of rotatable bonds is 6. The molecule has 0 bridgehead atoms. The largest absolute Gasteiger partial charge is 0.472 e. The summed E-state index contributed by atoms with van der Waals surface area (Å²) >= 11 is 1.34. The second-order valence-electron chi connectivity index (χ2n) is 6.28. The van der Waals surface area contributed by atoms with Gasteiger partial charge in [-0.05, 0) is 38.7 Å². The van der Waals surface area contributed by atoms with E-state index in [2.05, 4.69) is 9.71 Å². The third kappa shape index (κ3) is 4.96. The summed E-state index contributed by atoms with van der Waals surface area (Å²) in [6.07, 6.45) is 3.38. The van der Waals surface area contributed by atoms with Crippen LogP contribution in [0, 0.1) is 0 Å². The van der Waals surface area contributed by atoms with Crippen molar-refractivity contribution >= 4 is 21.8 Å². The number of aromatic nitrogens is 1. The van der Waals surface area contributed by atoms with Gasteiger partial charge in [0.05, 0.1) is 0 Å². The number of pyridine rings is 1. The maximum absolute atomic E-state index is 12.8. The fourth-order valence-corrected chi connectivity index (χ4v) is 4.73. The van der Waals surface area contributed by atoms with Crippen molar-refractivity contribution < 1.29 is 13.2 Å². The minimum atomic E-state index is -3.75. The van der Waals surface area contributed by atoms with Gasteiger partial charge in [0, 0.05) is 16.6 Å². The molecule has 0 atom stereocenters. The summed E-state index contributed by atoms with van der Waals surface area (Å²) in [6.45, 7) is 5.64. The lowest BCUT2D eigenvalue weighted by atomic mass is 10.1. The first kappa shape index (κ1) is 18.8. The molecule has 2 rings (SSSR count). The number of nitrogens with zero attached hydrogens (tertiary/aromatic N) is 1. The Bertz CT molecular complexity index is 785. The van der Waals surface area contributed by atoms with Gasteiger partial charge in [-0.15, -0.1) is 11.8 Å². The molecule has 7 heteroatoms. The van der Waals surface area contributed by atoms with Gasteiger partial charge in [-0.1, -0.05) is 30.3 Å². The zero-order valence-corrected chi connectivity index (χ0v) is 15.9. The van der Waals surface area contributed by atoms with Crippen molar-refractivity contribution in [3.63, 3.8) is 0 Å². The van der Waals surface area contributed by atoms with E-state index in [9.17, 15) is 8.42 Å². The first-order chi connectivity index (χ1) is 11.2. The molecule has 1 aromatic carbocycles. The van der Waals surface area contributed by atoms with E-state index in [-0.39, 0.29) is 17.4 Å². The Kier molecular flexibility index (Phi) is 5.90. The summed E-state index contributed by atoms with van der Waals surface area (Å²) in [5.74, 6) is 0.113. The normalized spacial score (nSPS) is 12.2. The van der Waals surface area contributed by atoms with E-state index >= 15 is 0 Å². The van der Waals surface area contributed by atoms with Gasteiger partial charge in [-0.25, -0.2) is 18.1 Å². The molecule has 1 aromatic heterocycles. The van der Waals surface area contributed by atoms with E-state index in [1.165, 1.54) is 11.8 Å². The molecule has 0 aliphatic carbocycles. The third-order valence-electron chi connectivity index (χ3n) is 2.98. The van der Waals surface area contributed by atoms with Crippen LogP contribution >= 0.6 is 11.8 Å². The van der Waals surface area contributed by atoms with Crippen LogP contribution in [0.5, 0.6) is 5.88 Å². The van der Waals surface area contributed by atoms with Crippen LogP contribution < -0.4 is 9.46 Å². The van der Waals surface area contributed by atoms with Crippen LogP contribution in [0.25, 0.3) is 0 Å². The highest BCUT2D eigenvalue weighted by Gasteiger charge is 2.29. The molecule has 0 saturated heterocycles. The highest BCUT2D eigenvalue weighted by Crippen LogP contribution is 2.32. The summed E-state index contributed by atoms with van der Waals surface area (Å²) in [5.41, 5.74) is 0.349. The monoisotopic (exact) mass is 366 g/mol. The Morgan fingerprint density at radius 2 is 1.83 bits per heavy atom. The zero-order chi connectivity index (χ0) is 17.8. The standard InChI is InChI=1S/C17H22N2O3S2/c1-17(2,3)19-24(20,21)15-14(23-4)10-11-18-16(15)22-12-13-8-6-5-7-9-13/h5-11,19H,12H2,1-4H3. The van der Waals surface area contributed by atoms with E-state index in [0.717, 1.165) is 5.56 Å². The van der Waals surface area contributed by atoms with Crippen molar-refractivity contribution in [1.82, 2.24) is 9.71 Å². The molecule has 0 amide bonds. The number of benzene rings is 1. The number of sulfonamides is 1. The first-order valence-corrected chi connectivity index (χ1v) is 10.2. The van der Waals surface area contributed by atoms with Gasteiger partial charge in [0.15, 0.2) is 4.90 Å². The van der Waals surface area contributed by atoms with Crippen LogP contribution in [-0.4, -0.2) is 25.2 Å². The maximum Gasteiger partial charge on any atom is 0.247 e. The molecular weight excluding hydrogens is 344 g/mol. The van der Waals surface area contributed by atoms with Crippen molar-refractivity contribution in [3.05, 3.63) is 48.2 Å². The minimum absolute atomic E-state index is 0.0864. The van der Waals surface area contributed by atoms with Gasteiger partial charge < -0.3 is 4.74 Å². The van der Waals surface area contributed by atoms with Crippen LogP contribution in [0.3, 0.4) is 0 Å². The Hall–Kier alpha value is -1.57. The molecule has 0 spiro atoms. The van der Waals surface area contributed by atoms with E-state index in [1.807, 2.05) is 36.6 Å². The SMILES string of the molecule is CSc1ccnc(OCc2ccccc2)c1S(=O)(=O)NC(C)(C)C. The molecule has 0 saturated carbocycles. The van der Waals surface area contributed by atoms with Gasteiger partial charge >= 0.3 is 0 Å². The minimum Gasteiger partial charge on any atom is -0.472 e. The quantitative estimate of drug-likeness (QED) is 0.793. The molecule has 5 nitrogen and oxygen atoms in total. The van der Waals surface area contributed by atoms with E-state index in [1.54, 1.807) is 33.0 Å². The summed E-state index contributed by atoms with van der Waals surface area (Å²) in [4.78, 5) is 4.83. The summed E-state index contributed by atoms with van der Waals surface area (Å²) in [7, 11) is -3.75. The van der Waals surface area contributed by atoms with Crippen molar-refractivity contribution in [2.75, 3.05) is 6.26 Å². The smallest absolute Gasteiger partial charge is 0.247 e. The Morgan fingerprint density at radius 3 is 2.42 bits per heavy atom. The predicted molar refractivity (Wildman–Crippen MR) is 96.9 cm³/mol. The third-order valence-corrected chi connectivity index (χ3v) is 5.71. The number of nitrogens with one attached hydrogen (secondary N) is 1. The van der Waals surface area contributed by atoms with E-state index < -0.39 is 15.6 Å². The van der Waals surface area contributed by atoms with Crippen LogP contribution in [-0.2, 0) is 16.6 Å². The van der Waals surface area contributed by atoms with Crippen LogP contribution in [0.4, 0.5) is 0 Å². The predicted octanol–water partition coefficient (Wildman–Crippen LogP) is 3.46. The highest BCUT2D eigenvalue weighted by atomic mass is 32.2. The van der Waals surface area contributed by atoms with Crippen molar-refractivity contribution in [3.8, 4) is 5.88 Å². The van der Waals surface area contributed by atoms with Crippen LogP contribution in [0.1, 0.15) is 26.3 Å². The van der Waals surface area contributed by atoms with E-state index in [0.29, 0.717) is 4.90 Å². The molecule has 0 aliphatic heterocycles. The Labute approximate surface area is 147 Å². The lowest BCUT2D eigenvalue weighted by Gasteiger charge is -2.22.